The molecule has 0 bridgehead atoms. The molecule has 0 radical (unpaired) electrons. The van der Waals surface area contributed by atoms with E-state index >= 15 is 0 Å². The number of aromatic nitrogens is 1. The number of ether oxygens (including phenoxy) is 1. The summed E-state index contributed by atoms with van der Waals surface area (Å²) in [7, 11) is 1.61. The Balaban J connectivity index is 1.78. The van der Waals surface area contributed by atoms with Crippen LogP contribution in [0.5, 0.6) is 5.75 Å². The Morgan fingerprint density at radius 1 is 1.42 bits per heavy atom. The molecule has 0 atom stereocenters. The maximum Gasteiger partial charge on any atom is 0.264 e. The Bertz CT molecular complexity index is 934. The van der Waals surface area contributed by atoms with Crippen molar-refractivity contribution in [2.24, 2.45) is 4.99 Å². The van der Waals surface area contributed by atoms with Crippen LogP contribution in [-0.4, -0.2) is 29.1 Å². The van der Waals surface area contributed by atoms with Crippen LogP contribution in [-0.2, 0) is 9.59 Å². The van der Waals surface area contributed by atoms with E-state index in [1.807, 2.05) is 25.1 Å². The van der Waals surface area contributed by atoms with Gasteiger partial charge in [0, 0.05) is 13.1 Å². The second-order valence-electron chi connectivity index (χ2n) is 5.38. The van der Waals surface area contributed by atoms with Crippen molar-refractivity contribution in [2.75, 3.05) is 12.4 Å². The van der Waals surface area contributed by atoms with E-state index in [1.54, 1.807) is 19.4 Å². The zero-order chi connectivity index (χ0) is 18.7. The van der Waals surface area contributed by atoms with Crippen LogP contribution in [0.25, 0.3) is 6.08 Å². The minimum absolute atomic E-state index is 0.184. The third kappa shape index (κ3) is 4.30. The number of benzene rings is 1. The zero-order valence-corrected chi connectivity index (χ0v) is 16.0. The molecule has 0 unspecified atom stereocenters. The lowest BCUT2D eigenvalue weighted by Gasteiger charge is -2.04. The zero-order valence-electron chi connectivity index (χ0n) is 14.3. The average Bonchev–Trinajstić information content (AvgIpc) is 3.16. The van der Waals surface area contributed by atoms with Crippen LogP contribution >= 0.6 is 23.1 Å². The van der Waals surface area contributed by atoms with Crippen LogP contribution < -0.4 is 15.4 Å². The van der Waals surface area contributed by atoms with Gasteiger partial charge in [-0.15, -0.1) is 0 Å². The van der Waals surface area contributed by atoms with Crippen molar-refractivity contribution in [3.05, 3.63) is 39.7 Å². The van der Waals surface area contributed by atoms with E-state index in [-0.39, 0.29) is 11.8 Å². The fourth-order valence-corrected chi connectivity index (χ4v) is 3.87. The van der Waals surface area contributed by atoms with Gasteiger partial charge in [-0.1, -0.05) is 11.3 Å². The van der Waals surface area contributed by atoms with Crippen molar-refractivity contribution in [1.29, 1.82) is 0 Å². The van der Waals surface area contributed by atoms with E-state index in [0.29, 0.717) is 15.2 Å². The van der Waals surface area contributed by atoms with Crippen molar-refractivity contribution in [2.45, 2.75) is 13.8 Å². The van der Waals surface area contributed by atoms with Crippen LogP contribution in [0.2, 0.25) is 0 Å². The number of methoxy groups -OCH3 is 1. The third-order valence-electron chi connectivity index (χ3n) is 3.36. The summed E-state index contributed by atoms with van der Waals surface area (Å²) in [6.45, 7) is 3.35. The lowest BCUT2D eigenvalue weighted by atomic mass is 10.2. The maximum atomic E-state index is 12.2. The fourth-order valence-electron chi connectivity index (χ4n) is 2.16. The largest absolute Gasteiger partial charge is 0.497 e. The smallest absolute Gasteiger partial charge is 0.264 e. The van der Waals surface area contributed by atoms with E-state index in [9.17, 15) is 9.59 Å². The van der Waals surface area contributed by atoms with Crippen molar-refractivity contribution in [1.82, 2.24) is 10.3 Å². The Hall–Kier alpha value is -2.65. The molecule has 1 aliphatic rings. The van der Waals surface area contributed by atoms with Crippen LogP contribution in [0.3, 0.4) is 0 Å². The van der Waals surface area contributed by atoms with Crippen LogP contribution in [0.15, 0.2) is 34.3 Å². The molecule has 1 aliphatic heterocycles. The number of nitrogens with one attached hydrogen (secondary N) is 2. The fraction of sp³-hybridized carbons (Fsp3) is 0.176. The van der Waals surface area contributed by atoms with Gasteiger partial charge in [-0.3, -0.25) is 9.59 Å². The van der Waals surface area contributed by atoms with Gasteiger partial charge < -0.3 is 15.4 Å². The Morgan fingerprint density at radius 2 is 2.23 bits per heavy atom. The lowest BCUT2D eigenvalue weighted by molar-refractivity contribution is -0.115. The number of aliphatic imine (C=N–C) groups is 1. The Morgan fingerprint density at radius 3 is 2.92 bits per heavy atom. The van der Waals surface area contributed by atoms with Gasteiger partial charge in [0.1, 0.15) is 5.75 Å². The molecule has 2 heterocycles. The van der Waals surface area contributed by atoms with Crippen LogP contribution in [0.4, 0.5) is 10.8 Å². The number of hydrogen-bond acceptors (Lipinski definition) is 7. The summed E-state index contributed by atoms with van der Waals surface area (Å²) < 4.78 is 5.18. The van der Waals surface area contributed by atoms with E-state index in [4.69, 9.17) is 4.74 Å². The SMILES string of the molecule is COc1ccc(/N=C2/NC(=O)/C(=C/c3cnc(NC(C)=O)s3)S2)c(C)c1. The molecule has 1 saturated heterocycles. The number of carbonyl (C=O) groups excluding carboxylic acids is 2. The molecule has 2 N–H and O–H groups in total. The molecule has 1 aromatic carbocycles. The predicted molar refractivity (Wildman–Crippen MR) is 105 cm³/mol. The first-order chi connectivity index (χ1) is 12.4. The molecule has 2 aromatic rings. The molecule has 1 aromatic heterocycles. The summed E-state index contributed by atoms with van der Waals surface area (Å²) in [5.41, 5.74) is 1.71. The minimum Gasteiger partial charge on any atom is -0.497 e. The number of rotatable bonds is 4. The number of anilines is 1. The Labute approximate surface area is 158 Å². The first-order valence-corrected chi connectivity index (χ1v) is 9.25. The predicted octanol–water partition coefficient (Wildman–Crippen LogP) is 3.31. The molecule has 1 fully saturated rings. The van der Waals surface area contributed by atoms with Gasteiger partial charge in [-0.25, -0.2) is 9.98 Å². The minimum atomic E-state index is -0.214. The molecule has 0 saturated carbocycles. The summed E-state index contributed by atoms with van der Waals surface area (Å²) in [5, 5.41) is 6.38. The van der Waals surface area contributed by atoms with Crippen molar-refractivity contribution >= 4 is 57.0 Å². The van der Waals surface area contributed by atoms with Gasteiger partial charge in [0.15, 0.2) is 10.3 Å². The van der Waals surface area contributed by atoms with Gasteiger partial charge in [-0.2, -0.15) is 0 Å². The van der Waals surface area contributed by atoms with E-state index in [1.165, 1.54) is 30.0 Å². The molecule has 26 heavy (non-hydrogen) atoms. The normalized spacial score (nSPS) is 16.8. The van der Waals surface area contributed by atoms with Crippen molar-refractivity contribution in [3.63, 3.8) is 0 Å². The molecule has 0 spiro atoms. The lowest BCUT2D eigenvalue weighted by Crippen LogP contribution is -2.19. The first kappa shape index (κ1) is 18.2. The van der Waals surface area contributed by atoms with E-state index < -0.39 is 0 Å². The van der Waals surface area contributed by atoms with Crippen LogP contribution in [0.1, 0.15) is 17.4 Å². The van der Waals surface area contributed by atoms with Gasteiger partial charge in [0.05, 0.1) is 22.6 Å². The molecule has 2 amide bonds. The van der Waals surface area contributed by atoms with Gasteiger partial charge in [0.25, 0.3) is 5.91 Å². The number of hydrogen-bond donors (Lipinski definition) is 2. The average molecular weight is 388 g/mol. The Kier molecular flexibility index (Phi) is 5.38. The third-order valence-corrected chi connectivity index (χ3v) is 5.13. The molecule has 3 rings (SSSR count). The van der Waals surface area contributed by atoms with Gasteiger partial charge >= 0.3 is 0 Å². The molecule has 134 valence electrons. The maximum absolute atomic E-state index is 12.2. The number of thiazole rings is 1. The van der Waals surface area contributed by atoms with E-state index in [2.05, 4.69) is 20.6 Å². The number of thioether (sulfide) groups is 1. The number of aryl methyl sites for hydroxylation is 1. The standard InChI is InChI=1S/C17H16N4O3S2/c1-9-6-11(24-3)4-5-13(9)20-17-21-15(23)14(26-17)7-12-8-18-16(25-12)19-10(2)22/h4-8H,1-3H3,(H,18,19,22)(H,20,21,23)/b14-7-. The molecular formula is C17H16N4O3S2. The molecule has 0 aliphatic carbocycles. The number of amidine groups is 1. The number of nitrogens with zero attached hydrogens (tertiary/aromatic N) is 2. The quantitative estimate of drug-likeness (QED) is 0.784. The summed E-state index contributed by atoms with van der Waals surface area (Å²) in [4.78, 5) is 33.1. The summed E-state index contributed by atoms with van der Waals surface area (Å²) in [5.74, 6) is 0.362. The highest BCUT2D eigenvalue weighted by atomic mass is 32.2. The van der Waals surface area contributed by atoms with Crippen molar-refractivity contribution < 1.29 is 14.3 Å². The highest BCUT2D eigenvalue weighted by molar-refractivity contribution is 8.18. The highest BCUT2D eigenvalue weighted by Crippen LogP contribution is 2.31. The molecular weight excluding hydrogens is 372 g/mol. The first-order valence-electron chi connectivity index (χ1n) is 7.62. The number of amides is 2. The molecule has 9 heteroatoms. The summed E-state index contributed by atoms with van der Waals surface area (Å²) in [6.07, 6.45) is 3.34. The van der Waals surface area contributed by atoms with E-state index in [0.717, 1.165) is 21.9 Å². The van der Waals surface area contributed by atoms with Gasteiger partial charge in [-0.05, 0) is 48.5 Å². The summed E-state index contributed by atoms with van der Waals surface area (Å²) >= 11 is 2.56. The topological polar surface area (TPSA) is 92.7 Å². The second-order valence-corrected chi connectivity index (χ2v) is 7.48. The van der Waals surface area contributed by atoms with Crippen LogP contribution in [0, 0.1) is 6.92 Å². The monoisotopic (exact) mass is 388 g/mol. The van der Waals surface area contributed by atoms with Crippen molar-refractivity contribution in [3.8, 4) is 5.75 Å². The molecule has 7 nitrogen and oxygen atoms in total. The number of carbonyl (C=O) groups is 2. The summed E-state index contributed by atoms with van der Waals surface area (Å²) in [6, 6.07) is 5.56. The highest BCUT2D eigenvalue weighted by Gasteiger charge is 2.24. The second kappa shape index (κ2) is 7.71. The van der Waals surface area contributed by atoms with Gasteiger partial charge in [0.2, 0.25) is 5.91 Å².